The number of amides is 2. The topological polar surface area (TPSA) is 74.2 Å². The molecule has 17 heavy (non-hydrogen) atoms. The van der Waals surface area contributed by atoms with Crippen molar-refractivity contribution in [2.75, 3.05) is 5.32 Å². The van der Waals surface area contributed by atoms with E-state index in [9.17, 15) is 4.79 Å². The van der Waals surface area contributed by atoms with Crippen LogP contribution >= 0.6 is 0 Å². The van der Waals surface area contributed by atoms with Gasteiger partial charge in [-0.2, -0.15) is 5.26 Å². The highest BCUT2D eigenvalue weighted by molar-refractivity contribution is 5.88. The summed E-state index contributed by atoms with van der Waals surface area (Å²) in [6.07, 6.45) is 0. The lowest BCUT2D eigenvalue weighted by Crippen LogP contribution is -2.36. The molecule has 5 nitrogen and oxygen atoms in total. The van der Waals surface area contributed by atoms with Gasteiger partial charge in [0.15, 0.2) is 0 Å². The monoisotopic (exact) mass is 233 g/mol. The quantitative estimate of drug-likeness (QED) is 0.770. The van der Waals surface area contributed by atoms with Crippen LogP contribution in [-0.4, -0.2) is 11.6 Å². The van der Waals surface area contributed by atoms with Crippen LogP contribution in [0.3, 0.4) is 0 Å². The van der Waals surface area contributed by atoms with Gasteiger partial charge in [-0.15, -0.1) is 0 Å². The molecule has 0 aliphatic heterocycles. The van der Waals surface area contributed by atoms with Crippen molar-refractivity contribution in [3.8, 4) is 6.07 Å². The van der Waals surface area contributed by atoms with Crippen LogP contribution in [0.5, 0.6) is 0 Å². The second-order valence-electron chi connectivity index (χ2n) is 4.46. The van der Waals surface area contributed by atoms with Gasteiger partial charge in [-0.1, -0.05) is 0 Å². The minimum Gasteiger partial charge on any atom is -0.306 e. The van der Waals surface area contributed by atoms with E-state index in [1.54, 1.807) is 24.3 Å². The first-order valence-corrected chi connectivity index (χ1v) is 5.16. The van der Waals surface area contributed by atoms with E-state index in [2.05, 4.69) is 10.8 Å². The number of carbonyl (C=O) groups is 1. The van der Waals surface area contributed by atoms with Crippen molar-refractivity contribution in [3.63, 3.8) is 0 Å². The van der Waals surface area contributed by atoms with Gasteiger partial charge in [0.05, 0.1) is 17.2 Å². The smallest absolute Gasteiger partial charge is 0.306 e. The number of anilines is 1. The number of benzene rings is 1. The standard InChI is InChI=1S/C12H15N3O2/c1-12(2,3)17-15-11(16)14-10-6-4-9(8-13)5-7-10/h4-7H,1-3H3,(H2,14,15,16). The third-order valence-electron chi connectivity index (χ3n) is 1.72. The maximum absolute atomic E-state index is 11.4. The average molecular weight is 233 g/mol. The van der Waals surface area contributed by atoms with Crippen LogP contribution in [0.25, 0.3) is 0 Å². The summed E-state index contributed by atoms with van der Waals surface area (Å²) in [6.45, 7) is 5.49. The number of nitriles is 1. The highest BCUT2D eigenvalue weighted by Crippen LogP contribution is 2.09. The molecule has 0 saturated heterocycles. The average Bonchev–Trinajstić information content (AvgIpc) is 2.27. The Morgan fingerprint density at radius 2 is 1.88 bits per heavy atom. The van der Waals surface area contributed by atoms with E-state index in [0.29, 0.717) is 11.3 Å². The Balaban J connectivity index is 2.48. The van der Waals surface area contributed by atoms with E-state index in [-0.39, 0.29) is 0 Å². The first kappa shape index (κ1) is 13.0. The van der Waals surface area contributed by atoms with Crippen LogP contribution in [0.4, 0.5) is 10.5 Å². The van der Waals surface area contributed by atoms with Crippen molar-refractivity contribution in [1.82, 2.24) is 5.48 Å². The Bertz CT molecular complexity index is 427. The molecule has 0 saturated carbocycles. The summed E-state index contributed by atoms with van der Waals surface area (Å²) in [7, 11) is 0. The molecule has 5 heteroatoms. The van der Waals surface area contributed by atoms with Gasteiger partial charge in [0.2, 0.25) is 0 Å². The third kappa shape index (κ3) is 5.00. The van der Waals surface area contributed by atoms with Gasteiger partial charge < -0.3 is 5.32 Å². The number of rotatable bonds is 2. The van der Waals surface area contributed by atoms with Crippen molar-refractivity contribution in [2.45, 2.75) is 26.4 Å². The third-order valence-corrected chi connectivity index (χ3v) is 1.72. The molecule has 0 aliphatic carbocycles. The summed E-state index contributed by atoms with van der Waals surface area (Å²) >= 11 is 0. The highest BCUT2D eigenvalue weighted by Gasteiger charge is 2.12. The molecule has 0 bridgehead atoms. The summed E-state index contributed by atoms with van der Waals surface area (Å²) in [4.78, 5) is 16.5. The van der Waals surface area contributed by atoms with E-state index < -0.39 is 11.6 Å². The summed E-state index contributed by atoms with van der Waals surface area (Å²) in [5, 5.41) is 11.2. The van der Waals surface area contributed by atoms with E-state index in [4.69, 9.17) is 10.1 Å². The fourth-order valence-electron chi connectivity index (χ4n) is 0.984. The second-order valence-corrected chi connectivity index (χ2v) is 4.46. The van der Waals surface area contributed by atoms with Crippen LogP contribution in [0.1, 0.15) is 26.3 Å². The van der Waals surface area contributed by atoms with Crippen molar-refractivity contribution in [2.24, 2.45) is 0 Å². The van der Waals surface area contributed by atoms with Crippen molar-refractivity contribution in [1.29, 1.82) is 5.26 Å². The zero-order valence-electron chi connectivity index (χ0n) is 10.1. The molecule has 0 unspecified atom stereocenters. The molecule has 0 heterocycles. The van der Waals surface area contributed by atoms with Gasteiger partial charge in [0.25, 0.3) is 0 Å². The van der Waals surface area contributed by atoms with Gasteiger partial charge in [0, 0.05) is 5.69 Å². The molecule has 1 aromatic rings. The molecule has 1 aromatic carbocycles. The number of urea groups is 1. The number of hydroxylamine groups is 1. The molecule has 0 radical (unpaired) electrons. The SMILES string of the molecule is CC(C)(C)ONC(=O)Nc1ccc(C#N)cc1. The number of nitrogens with one attached hydrogen (secondary N) is 2. The lowest BCUT2D eigenvalue weighted by atomic mass is 10.2. The van der Waals surface area contributed by atoms with E-state index in [1.165, 1.54) is 0 Å². The Labute approximate surface area is 100 Å². The van der Waals surface area contributed by atoms with Crippen molar-refractivity contribution >= 4 is 11.7 Å². The molecule has 2 amide bonds. The Morgan fingerprint density at radius 1 is 1.29 bits per heavy atom. The zero-order chi connectivity index (χ0) is 12.9. The van der Waals surface area contributed by atoms with Gasteiger partial charge in [-0.05, 0) is 45.0 Å². The van der Waals surface area contributed by atoms with Crippen molar-refractivity contribution in [3.05, 3.63) is 29.8 Å². The minimum absolute atomic E-state index is 0.442. The van der Waals surface area contributed by atoms with E-state index >= 15 is 0 Å². The fraction of sp³-hybridized carbons (Fsp3) is 0.333. The molecule has 0 aromatic heterocycles. The molecule has 0 atom stereocenters. The van der Waals surface area contributed by atoms with Crippen LogP contribution in [0, 0.1) is 11.3 Å². The molecule has 1 rings (SSSR count). The fourth-order valence-corrected chi connectivity index (χ4v) is 0.984. The molecular weight excluding hydrogens is 218 g/mol. The predicted octanol–water partition coefficient (Wildman–Crippen LogP) is 2.41. The Morgan fingerprint density at radius 3 is 2.35 bits per heavy atom. The lowest BCUT2D eigenvalue weighted by Gasteiger charge is -2.19. The summed E-state index contributed by atoms with van der Waals surface area (Å²) in [5.74, 6) is 0. The number of nitrogens with zero attached hydrogens (tertiary/aromatic N) is 1. The number of hydrogen-bond donors (Lipinski definition) is 2. The van der Waals surface area contributed by atoms with Gasteiger partial charge in [-0.25, -0.2) is 10.3 Å². The van der Waals surface area contributed by atoms with E-state index in [1.807, 2.05) is 26.8 Å². The zero-order valence-corrected chi connectivity index (χ0v) is 10.1. The highest BCUT2D eigenvalue weighted by atomic mass is 16.7. The van der Waals surface area contributed by atoms with Gasteiger partial charge >= 0.3 is 6.03 Å². The first-order chi connectivity index (χ1) is 7.90. The summed E-state index contributed by atoms with van der Waals surface area (Å²) < 4.78 is 0. The van der Waals surface area contributed by atoms with Crippen molar-refractivity contribution < 1.29 is 9.63 Å². The molecule has 2 N–H and O–H groups in total. The predicted molar refractivity (Wildman–Crippen MR) is 64.1 cm³/mol. The molecule has 0 aliphatic rings. The van der Waals surface area contributed by atoms with Gasteiger partial charge in [0.1, 0.15) is 0 Å². The van der Waals surface area contributed by atoms with Crippen LogP contribution in [0.2, 0.25) is 0 Å². The lowest BCUT2D eigenvalue weighted by molar-refractivity contribution is -0.0505. The first-order valence-electron chi connectivity index (χ1n) is 5.16. The maximum Gasteiger partial charge on any atom is 0.343 e. The summed E-state index contributed by atoms with van der Waals surface area (Å²) in [6, 6.07) is 8.09. The summed E-state index contributed by atoms with van der Waals surface area (Å²) in [5.41, 5.74) is 2.98. The van der Waals surface area contributed by atoms with Gasteiger partial charge in [-0.3, -0.25) is 4.84 Å². The number of hydrogen-bond acceptors (Lipinski definition) is 3. The number of carbonyl (C=O) groups excluding carboxylic acids is 1. The molecular formula is C12H15N3O2. The Kier molecular flexibility index (Phi) is 4.07. The Hall–Kier alpha value is -2.06. The van der Waals surface area contributed by atoms with E-state index in [0.717, 1.165) is 0 Å². The largest absolute Gasteiger partial charge is 0.343 e. The maximum atomic E-state index is 11.4. The normalized spacial score (nSPS) is 10.5. The minimum atomic E-state index is -0.454. The van der Waals surface area contributed by atoms with Crippen LogP contribution in [-0.2, 0) is 4.84 Å². The van der Waals surface area contributed by atoms with Crippen LogP contribution < -0.4 is 10.8 Å². The van der Waals surface area contributed by atoms with Crippen LogP contribution in [0.15, 0.2) is 24.3 Å². The second kappa shape index (κ2) is 5.32. The molecule has 90 valence electrons. The molecule has 0 fully saturated rings. The molecule has 0 spiro atoms.